The Kier molecular flexibility index (Phi) is 4.04. The van der Waals surface area contributed by atoms with Crippen LogP contribution >= 0.6 is 0 Å². The first-order valence-corrected chi connectivity index (χ1v) is 5.94. The number of nitrogens with one attached hydrogen (secondary N) is 1. The molecular formula is C13H18N2O4. The molecule has 6 nitrogen and oxygen atoms in total. The molecule has 0 unspecified atom stereocenters. The van der Waals surface area contributed by atoms with Gasteiger partial charge in [0.25, 0.3) is 0 Å². The van der Waals surface area contributed by atoms with E-state index in [1.165, 1.54) is 7.11 Å². The van der Waals surface area contributed by atoms with E-state index in [4.69, 9.17) is 9.47 Å². The summed E-state index contributed by atoms with van der Waals surface area (Å²) in [5.41, 5.74) is 4.14. The molecule has 6 heteroatoms. The van der Waals surface area contributed by atoms with Crippen molar-refractivity contribution in [3.63, 3.8) is 0 Å². The molecule has 2 amide bonds. The Hall–Kier alpha value is -1.63. The van der Waals surface area contributed by atoms with Crippen LogP contribution in [-0.4, -0.2) is 39.7 Å². The largest absolute Gasteiger partial charge is 0.351 e. The summed E-state index contributed by atoms with van der Waals surface area (Å²) >= 11 is 0. The number of rotatable bonds is 3. The van der Waals surface area contributed by atoms with Gasteiger partial charge in [-0.05, 0) is 11.6 Å². The van der Waals surface area contributed by atoms with Crippen molar-refractivity contribution in [3.05, 3.63) is 29.8 Å². The maximum Gasteiger partial charge on any atom is 0.345 e. The first-order valence-electron chi connectivity index (χ1n) is 5.94. The highest BCUT2D eigenvalue weighted by Gasteiger charge is 2.40. The number of nitrogens with zero attached hydrogens (tertiary/aromatic N) is 1. The SMILES string of the molecule is CONC(=O)N1CC(OC)(OC)Cc2ccccc21. The van der Waals surface area contributed by atoms with Crippen LogP contribution in [0.5, 0.6) is 0 Å². The minimum Gasteiger partial charge on any atom is -0.351 e. The van der Waals surface area contributed by atoms with Crippen molar-refractivity contribution >= 4 is 11.7 Å². The Morgan fingerprint density at radius 1 is 1.26 bits per heavy atom. The number of carbonyl (C=O) groups excluding carboxylic acids is 1. The lowest BCUT2D eigenvalue weighted by Gasteiger charge is -2.41. The van der Waals surface area contributed by atoms with Crippen molar-refractivity contribution in [3.8, 4) is 0 Å². The van der Waals surface area contributed by atoms with Crippen LogP contribution in [0, 0.1) is 0 Å². The lowest BCUT2D eigenvalue weighted by Crippen LogP contribution is -2.55. The fourth-order valence-electron chi connectivity index (χ4n) is 2.28. The molecule has 0 spiro atoms. The predicted octanol–water partition coefficient (Wildman–Crippen LogP) is 1.31. The standard InChI is InChI=1S/C13H18N2O4/c1-17-13(18-2)8-10-6-4-5-7-11(10)15(9-13)12(16)14-19-3/h4-7H,8-9H2,1-3H3,(H,14,16). The normalized spacial score (nSPS) is 16.9. The average molecular weight is 266 g/mol. The van der Waals surface area contributed by atoms with Crippen LogP contribution in [0.15, 0.2) is 24.3 Å². The summed E-state index contributed by atoms with van der Waals surface area (Å²) in [5, 5.41) is 0. The second-order valence-electron chi connectivity index (χ2n) is 4.32. The van der Waals surface area contributed by atoms with E-state index in [0.717, 1.165) is 11.3 Å². The third-order valence-electron chi connectivity index (χ3n) is 3.32. The molecule has 19 heavy (non-hydrogen) atoms. The van der Waals surface area contributed by atoms with Gasteiger partial charge in [0.2, 0.25) is 0 Å². The summed E-state index contributed by atoms with van der Waals surface area (Å²) in [6.45, 7) is 0.298. The molecule has 1 aromatic carbocycles. The van der Waals surface area contributed by atoms with Crippen molar-refractivity contribution in [2.24, 2.45) is 0 Å². The van der Waals surface area contributed by atoms with Crippen LogP contribution in [0.3, 0.4) is 0 Å². The first kappa shape index (κ1) is 13.8. The average Bonchev–Trinajstić information content (AvgIpc) is 2.46. The molecule has 0 fully saturated rings. The van der Waals surface area contributed by atoms with Crippen LogP contribution in [0.2, 0.25) is 0 Å². The number of methoxy groups -OCH3 is 2. The van der Waals surface area contributed by atoms with Crippen molar-refractivity contribution in [1.82, 2.24) is 5.48 Å². The highest BCUT2D eigenvalue weighted by molar-refractivity contribution is 5.92. The molecule has 1 aromatic rings. The van der Waals surface area contributed by atoms with Crippen LogP contribution in [0.1, 0.15) is 5.56 Å². The topological polar surface area (TPSA) is 60.0 Å². The second-order valence-corrected chi connectivity index (χ2v) is 4.32. The minimum atomic E-state index is -0.834. The Labute approximate surface area is 112 Å². The van der Waals surface area contributed by atoms with E-state index in [9.17, 15) is 4.79 Å². The van der Waals surface area contributed by atoms with Gasteiger partial charge in [0, 0.05) is 26.3 Å². The van der Waals surface area contributed by atoms with Crippen molar-refractivity contribution in [2.45, 2.75) is 12.2 Å². The van der Waals surface area contributed by atoms with Crippen LogP contribution in [0.25, 0.3) is 0 Å². The summed E-state index contributed by atoms with van der Waals surface area (Å²) in [6, 6.07) is 7.30. The van der Waals surface area contributed by atoms with Gasteiger partial charge in [-0.3, -0.25) is 9.74 Å². The Balaban J connectivity index is 2.39. The Morgan fingerprint density at radius 3 is 2.58 bits per heavy atom. The summed E-state index contributed by atoms with van der Waals surface area (Å²) in [4.78, 5) is 18.3. The number of amides is 2. The van der Waals surface area contributed by atoms with Crippen LogP contribution in [-0.2, 0) is 20.7 Å². The van der Waals surface area contributed by atoms with Gasteiger partial charge in [-0.15, -0.1) is 0 Å². The fourth-order valence-corrected chi connectivity index (χ4v) is 2.28. The molecule has 0 atom stereocenters. The molecule has 0 aliphatic carbocycles. The fraction of sp³-hybridized carbons (Fsp3) is 0.462. The third kappa shape index (κ3) is 2.56. The summed E-state index contributed by atoms with van der Waals surface area (Å²) in [6.07, 6.45) is 0.590. The summed E-state index contributed by atoms with van der Waals surface area (Å²) in [7, 11) is 4.54. The molecule has 0 radical (unpaired) electrons. The monoisotopic (exact) mass is 266 g/mol. The minimum absolute atomic E-state index is 0.298. The van der Waals surface area contributed by atoms with Crippen molar-refractivity contribution in [2.75, 3.05) is 32.8 Å². The van der Waals surface area contributed by atoms with Gasteiger partial charge in [-0.1, -0.05) is 18.2 Å². The van der Waals surface area contributed by atoms with E-state index in [1.54, 1.807) is 19.1 Å². The Bertz CT molecular complexity index is 460. The van der Waals surface area contributed by atoms with Gasteiger partial charge in [-0.25, -0.2) is 10.3 Å². The number of urea groups is 1. The number of ether oxygens (including phenoxy) is 2. The van der Waals surface area contributed by atoms with Crippen molar-refractivity contribution in [1.29, 1.82) is 0 Å². The number of hydrogen-bond donors (Lipinski definition) is 1. The number of hydroxylamine groups is 1. The van der Waals surface area contributed by atoms with E-state index in [-0.39, 0.29) is 6.03 Å². The molecule has 0 aromatic heterocycles. The molecule has 1 N–H and O–H groups in total. The van der Waals surface area contributed by atoms with E-state index in [2.05, 4.69) is 10.3 Å². The predicted molar refractivity (Wildman–Crippen MR) is 69.8 cm³/mol. The maximum absolute atomic E-state index is 12.1. The van der Waals surface area contributed by atoms with Gasteiger partial charge in [-0.2, -0.15) is 0 Å². The smallest absolute Gasteiger partial charge is 0.345 e. The molecule has 104 valence electrons. The lowest BCUT2D eigenvalue weighted by atomic mass is 9.97. The highest BCUT2D eigenvalue weighted by atomic mass is 16.7. The summed E-state index contributed by atoms with van der Waals surface area (Å²) < 4.78 is 10.9. The number of carbonyl (C=O) groups is 1. The lowest BCUT2D eigenvalue weighted by molar-refractivity contribution is -0.199. The molecule has 2 rings (SSSR count). The molecule has 0 saturated heterocycles. The van der Waals surface area contributed by atoms with E-state index in [1.807, 2.05) is 24.3 Å². The quantitative estimate of drug-likeness (QED) is 0.662. The highest BCUT2D eigenvalue weighted by Crippen LogP contribution is 2.33. The maximum atomic E-state index is 12.1. The molecule has 0 saturated carbocycles. The van der Waals surface area contributed by atoms with Crippen molar-refractivity contribution < 1.29 is 19.1 Å². The van der Waals surface area contributed by atoms with E-state index in [0.29, 0.717) is 13.0 Å². The second kappa shape index (κ2) is 5.56. The van der Waals surface area contributed by atoms with E-state index >= 15 is 0 Å². The summed E-state index contributed by atoms with van der Waals surface area (Å²) in [5.74, 6) is -0.834. The van der Waals surface area contributed by atoms with E-state index < -0.39 is 5.79 Å². The molecule has 0 bridgehead atoms. The first-order chi connectivity index (χ1) is 9.15. The molecular weight excluding hydrogens is 248 g/mol. The Morgan fingerprint density at radius 2 is 1.95 bits per heavy atom. The zero-order valence-electron chi connectivity index (χ0n) is 11.3. The molecule has 1 heterocycles. The molecule has 1 aliphatic rings. The van der Waals surface area contributed by atoms with Gasteiger partial charge < -0.3 is 9.47 Å². The zero-order valence-corrected chi connectivity index (χ0v) is 11.3. The van der Waals surface area contributed by atoms with Gasteiger partial charge in [0.15, 0.2) is 5.79 Å². The number of benzene rings is 1. The van der Waals surface area contributed by atoms with Crippen LogP contribution in [0.4, 0.5) is 10.5 Å². The van der Waals surface area contributed by atoms with Gasteiger partial charge in [0.1, 0.15) is 0 Å². The number of para-hydroxylation sites is 1. The number of hydrogen-bond acceptors (Lipinski definition) is 4. The zero-order chi connectivity index (χ0) is 13.9. The third-order valence-corrected chi connectivity index (χ3v) is 3.32. The number of anilines is 1. The van der Waals surface area contributed by atoms with Gasteiger partial charge >= 0.3 is 6.03 Å². The van der Waals surface area contributed by atoms with Gasteiger partial charge in [0.05, 0.1) is 13.7 Å². The number of fused-ring (bicyclic) bond motifs is 1. The molecule has 1 aliphatic heterocycles. The van der Waals surface area contributed by atoms with Crippen LogP contribution < -0.4 is 10.4 Å².